The van der Waals surface area contributed by atoms with Gasteiger partial charge in [-0.3, -0.25) is 9.97 Å². The van der Waals surface area contributed by atoms with Crippen molar-refractivity contribution < 1.29 is 29.6 Å². The first-order valence-corrected chi connectivity index (χ1v) is 24.7. The van der Waals surface area contributed by atoms with Crippen LogP contribution in [0.5, 0.6) is 0 Å². The summed E-state index contributed by atoms with van der Waals surface area (Å²) in [7, 11) is -11.5. The van der Waals surface area contributed by atoms with Crippen molar-refractivity contribution in [2.45, 2.75) is 15.1 Å². The fraction of sp³-hybridized carbons (Fsp3) is 0. The van der Waals surface area contributed by atoms with E-state index in [-0.39, 0.29) is 15.1 Å². The molecule has 0 unspecified atom stereocenters. The summed E-state index contributed by atoms with van der Waals surface area (Å²) in [5.41, 5.74) is 3.68. The largest absolute Gasteiger partial charge is 0.264 e. The minimum Gasteiger partial charge on any atom is -0.264 e. The first kappa shape index (κ1) is 45.4. The highest BCUT2D eigenvalue weighted by molar-refractivity contribution is 7.89. The van der Waals surface area contributed by atoms with Crippen molar-refractivity contribution in [3.05, 3.63) is 141 Å². The highest BCUT2D eigenvalue weighted by Crippen LogP contribution is 2.33. The average molecular weight is 974 g/mol. The number of primary sulfonamides is 3. The lowest BCUT2D eigenvalue weighted by Crippen LogP contribution is -2.13. The Morgan fingerprint density at radius 3 is 1.25 bits per heavy atom. The molecule has 9 aromatic rings. The van der Waals surface area contributed by atoms with Crippen LogP contribution in [0.2, 0.25) is 0 Å². The van der Waals surface area contributed by atoms with E-state index >= 15 is 0 Å². The summed E-state index contributed by atoms with van der Waals surface area (Å²) in [6.07, 6.45) is 15.6. The molecule has 64 heavy (non-hydrogen) atoms. The van der Waals surface area contributed by atoms with Crippen molar-refractivity contribution >= 4 is 64.1 Å². The number of nitrogens with two attached hydrogens (primary N) is 3. The molecular formula is C38H28FN13O6S6. The Hall–Kier alpha value is -6.62. The highest BCUT2D eigenvalue weighted by atomic mass is 32.2. The molecule has 0 aliphatic carbocycles. The van der Waals surface area contributed by atoms with E-state index in [1.807, 2.05) is 12.1 Å². The standard InChI is InChI=1S/C13H9FN4O2S2.C13H10N4O2S2.C12H9N5O2S2/c14-9-4-8(5-16-6-9)13-17-7-11(21-13)10-2-1-3-12(18-10)22(15,19)20;14-21(18,19)12-5-1-4-10(17-12)11-8-16-13(20-11)9-3-2-6-15-7-9;13-21(18,19)11-3-1-2-9(17-11)10-6-16-12(20-10)8-4-14-7-15-5-8/h1-7H,(H2,15,19,20);1-8H,(H2,14,18,19);1-7H,(H2,13,18,19). The van der Waals surface area contributed by atoms with Gasteiger partial charge in [-0.2, -0.15) is 0 Å². The molecule has 0 atom stereocenters. The normalized spacial score (nSPS) is 11.5. The van der Waals surface area contributed by atoms with Gasteiger partial charge in [0.25, 0.3) is 30.1 Å². The second-order valence-electron chi connectivity index (χ2n) is 12.6. The minimum atomic E-state index is -3.87. The number of sulfonamides is 3. The number of rotatable bonds is 9. The van der Waals surface area contributed by atoms with Gasteiger partial charge >= 0.3 is 0 Å². The fourth-order valence-electron chi connectivity index (χ4n) is 5.14. The Balaban J connectivity index is 0.000000144. The topological polar surface area (TPSA) is 309 Å². The van der Waals surface area contributed by atoms with E-state index in [9.17, 15) is 29.6 Å². The third-order valence-corrected chi connectivity index (χ3v) is 13.6. The molecule has 0 aliphatic heterocycles. The lowest BCUT2D eigenvalue weighted by Gasteiger charge is -2.00. The van der Waals surface area contributed by atoms with E-state index in [2.05, 4.69) is 49.8 Å². The molecular weight excluding hydrogens is 946 g/mol. The second-order valence-corrected chi connectivity index (χ2v) is 20.2. The van der Waals surface area contributed by atoms with Crippen LogP contribution in [0, 0.1) is 5.82 Å². The number of hydrogen-bond acceptors (Lipinski definition) is 19. The van der Waals surface area contributed by atoms with Crippen molar-refractivity contribution in [1.29, 1.82) is 0 Å². The Morgan fingerprint density at radius 1 is 0.438 bits per heavy atom. The van der Waals surface area contributed by atoms with Crippen molar-refractivity contribution in [2.75, 3.05) is 0 Å². The molecule has 6 N–H and O–H groups in total. The van der Waals surface area contributed by atoms with E-state index in [1.165, 1.54) is 70.8 Å². The van der Waals surface area contributed by atoms with Gasteiger partial charge in [0, 0.05) is 66.3 Å². The fourth-order valence-corrected chi connectivity index (χ4v) is 9.22. The highest BCUT2D eigenvalue weighted by Gasteiger charge is 2.16. The number of halogens is 1. The SMILES string of the molecule is NS(=O)(=O)c1cccc(-c2cnc(-c3cccnc3)s2)n1.NS(=O)(=O)c1cccc(-c2cnc(-c3cncc(F)c3)s2)n1.NS(=O)(=O)c1cccc(-c2cnc(-c3cncnc3)s2)n1. The zero-order valence-electron chi connectivity index (χ0n) is 32.2. The van der Waals surface area contributed by atoms with Crippen LogP contribution in [0.3, 0.4) is 0 Å². The predicted molar refractivity (Wildman–Crippen MR) is 238 cm³/mol. The van der Waals surface area contributed by atoms with Gasteiger partial charge in [0.2, 0.25) is 0 Å². The van der Waals surface area contributed by atoms with E-state index in [1.54, 1.807) is 79.8 Å². The number of hydrogen-bond donors (Lipinski definition) is 3. The van der Waals surface area contributed by atoms with Crippen LogP contribution in [-0.4, -0.2) is 75.1 Å². The van der Waals surface area contributed by atoms with Crippen LogP contribution in [0.1, 0.15) is 0 Å². The average Bonchev–Trinajstić information content (AvgIpc) is 4.10. The smallest absolute Gasteiger partial charge is 0.255 e. The van der Waals surface area contributed by atoms with Crippen LogP contribution >= 0.6 is 34.0 Å². The summed E-state index contributed by atoms with van der Waals surface area (Å²) in [6, 6.07) is 18.9. The zero-order valence-corrected chi connectivity index (χ0v) is 37.1. The van der Waals surface area contributed by atoms with Gasteiger partial charge in [0.05, 0.1) is 37.9 Å². The first-order valence-electron chi connectivity index (χ1n) is 17.7. The van der Waals surface area contributed by atoms with Crippen molar-refractivity contribution in [3.8, 4) is 63.4 Å². The lowest BCUT2D eigenvalue weighted by molar-refractivity contribution is 0.592. The summed E-state index contributed by atoms with van der Waals surface area (Å²) in [6.45, 7) is 0. The maximum absolute atomic E-state index is 13.2. The molecule has 0 bridgehead atoms. The van der Waals surface area contributed by atoms with Gasteiger partial charge in [0.1, 0.15) is 27.2 Å². The van der Waals surface area contributed by atoms with Crippen molar-refractivity contribution in [1.82, 2.24) is 49.8 Å². The quantitative estimate of drug-likeness (QED) is 0.166. The van der Waals surface area contributed by atoms with Gasteiger partial charge in [-0.15, -0.1) is 34.0 Å². The number of nitrogens with zero attached hydrogens (tertiary/aromatic N) is 10. The van der Waals surface area contributed by atoms with E-state index in [0.717, 1.165) is 37.1 Å². The Bertz CT molecular complexity index is 3270. The molecule has 0 fully saturated rings. The van der Waals surface area contributed by atoms with Crippen LogP contribution in [-0.2, 0) is 30.1 Å². The molecule has 0 amide bonds. The lowest BCUT2D eigenvalue weighted by atomic mass is 10.3. The Morgan fingerprint density at radius 2 is 0.844 bits per heavy atom. The summed E-state index contributed by atoms with van der Waals surface area (Å²) in [5.74, 6) is -0.455. The molecule has 324 valence electrons. The number of pyridine rings is 5. The molecule has 19 nitrogen and oxygen atoms in total. The molecule has 0 radical (unpaired) electrons. The Labute approximate surface area is 375 Å². The van der Waals surface area contributed by atoms with Gasteiger partial charge in [-0.1, -0.05) is 18.2 Å². The molecule has 0 saturated heterocycles. The summed E-state index contributed by atoms with van der Waals surface area (Å²) in [5, 5.41) is 16.8. The molecule has 0 saturated carbocycles. The molecule has 9 heterocycles. The van der Waals surface area contributed by atoms with E-state index < -0.39 is 35.9 Å². The van der Waals surface area contributed by atoms with Gasteiger partial charge in [-0.05, 0) is 54.6 Å². The van der Waals surface area contributed by atoms with Crippen molar-refractivity contribution in [2.24, 2.45) is 15.4 Å². The van der Waals surface area contributed by atoms with Gasteiger partial charge in [0.15, 0.2) is 15.1 Å². The summed E-state index contributed by atoms with van der Waals surface area (Å²) < 4.78 is 81.2. The maximum atomic E-state index is 13.2. The van der Waals surface area contributed by atoms with Crippen LogP contribution in [0.25, 0.3) is 63.4 Å². The zero-order chi connectivity index (χ0) is 45.5. The summed E-state index contributed by atoms with van der Waals surface area (Å²) in [4.78, 5) is 42.7. The van der Waals surface area contributed by atoms with Crippen LogP contribution in [0.15, 0.2) is 150 Å². The monoisotopic (exact) mass is 973 g/mol. The molecule has 0 spiro atoms. The van der Waals surface area contributed by atoms with Gasteiger partial charge in [-0.25, -0.2) is 84.9 Å². The number of thiazole rings is 3. The third-order valence-electron chi connectivity index (χ3n) is 7.99. The molecule has 9 aromatic heterocycles. The third kappa shape index (κ3) is 11.7. The molecule has 0 aromatic carbocycles. The summed E-state index contributed by atoms with van der Waals surface area (Å²) >= 11 is 4.03. The number of aromatic nitrogens is 10. The van der Waals surface area contributed by atoms with Crippen molar-refractivity contribution in [3.63, 3.8) is 0 Å². The first-order chi connectivity index (χ1) is 30.5. The predicted octanol–water partition coefficient (Wildman–Crippen LogP) is 5.28. The Kier molecular flexibility index (Phi) is 13.8. The molecule has 0 aliphatic rings. The maximum Gasteiger partial charge on any atom is 0.255 e. The molecule has 9 rings (SSSR count). The molecule has 26 heteroatoms. The van der Waals surface area contributed by atoms with E-state index in [0.29, 0.717) is 32.5 Å². The van der Waals surface area contributed by atoms with E-state index in [4.69, 9.17) is 15.4 Å². The van der Waals surface area contributed by atoms with Gasteiger partial charge < -0.3 is 0 Å². The minimum absolute atomic E-state index is 0.156. The van der Waals surface area contributed by atoms with Crippen LogP contribution in [0.4, 0.5) is 4.39 Å². The second kappa shape index (κ2) is 19.4. The van der Waals surface area contributed by atoms with Crippen LogP contribution < -0.4 is 15.4 Å².